The molecule has 0 aliphatic carbocycles. The monoisotopic (exact) mass is 718 g/mol. The highest BCUT2D eigenvalue weighted by Crippen LogP contribution is 2.12. The van der Waals surface area contributed by atoms with E-state index in [1.807, 2.05) is 0 Å². The van der Waals surface area contributed by atoms with E-state index in [1.54, 1.807) is 21.1 Å². The predicted octanol–water partition coefficient (Wildman–Crippen LogP) is 9.13. The van der Waals surface area contributed by atoms with Gasteiger partial charge in [-0.15, -0.1) is 0 Å². The van der Waals surface area contributed by atoms with Gasteiger partial charge in [-0.2, -0.15) is 0 Å². The summed E-state index contributed by atoms with van der Waals surface area (Å²) >= 11 is 0. The van der Waals surface area contributed by atoms with Crippen molar-refractivity contribution in [3.8, 4) is 0 Å². The van der Waals surface area contributed by atoms with Crippen molar-refractivity contribution in [3.63, 3.8) is 0 Å². The fourth-order valence-corrected chi connectivity index (χ4v) is 5.55. The fraction of sp³-hybridized carbons (Fsp3) is 0.744. The summed E-state index contributed by atoms with van der Waals surface area (Å²) in [5.41, 5.74) is 0. The molecule has 0 aromatic rings. The van der Waals surface area contributed by atoms with E-state index in [2.05, 4.69) is 62.5 Å². The van der Waals surface area contributed by atoms with E-state index in [0.717, 1.165) is 83.5 Å². The number of carbonyl (C=O) groups is 3. The molecule has 51 heavy (non-hydrogen) atoms. The Hall–Kier alpha value is -2.71. The minimum atomic E-state index is -1.13. The second-order valence-corrected chi connectivity index (χ2v) is 14.5. The van der Waals surface area contributed by atoms with Gasteiger partial charge in [0.2, 0.25) is 0 Å². The van der Waals surface area contributed by atoms with Crippen LogP contribution in [0.15, 0.2) is 48.6 Å². The Bertz CT molecular complexity index is 979. The van der Waals surface area contributed by atoms with Crippen LogP contribution in [0.5, 0.6) is 0 Å². The van der Waals surface area contributed by atoms with Crippen molar-refractivity contribution < 1.29 is 38.2 Å². The fourth-order valence-electron chi connectivity index (χ4n) is 5.55. The number of rotatable bonds is 35. The number of allylic oxidation sites excluding steroid dienone is 8. The molecular weight excluding hydrogens is 642 g/mol. The zero-order chi connectivity index (χ0) is 37.8. The summed E-state index contributed by atoms with van der Waals surface area (Å²) in [5.74, 6) is -1.79. The number of ether oxygens (including phenoxy) is 3. The molecule has 0 aromatic heterocycles. The van der Waals surface area contributed by atoms with E-state index in [4.69, 9.17) is 14.2 Å². The van der Waals surface area contributed by atoms with E-state index in [-0.39, 0.29) is 42.7 Å². The number of likely N-dealkylation sites (N-methyl/N-ethyl adjacent to an activating group) is 1. The first-order valence-electron chi connectivity index (χ1n) is 20.2. The largest absolute Gasteiger partial charge is 0.544 e. The van der Waals surface area contributed by atoms with Gasteiger partial charge in [0, 0.05) is 19.3 Å². The Kier molecular flexibility index (Phi) is 32.6. The quantitative estimate of drug-likeness (QED) is 0.0279. The number of carbonyl (C=O) groups excluding carboxylic acids is 3. The van der Waals surface area contributed by atoms with Crippen molar-refractivity contribution in [2.75, 3.05) is 41.0 Å². The topological polar surface area (TPSA) is 102 Å². The maximum absolute atomic E-state index is 12.7. The average Bonchev–Trinajstić information content (AvgIpc) is 3.08. The predicted molar refractivity (Wildman–Crippen MR) is 208 cm³/mol. The van der Waals surface area contributed by atoms with Gasteiger partial charge in [0.05, 0.1) is 40.3 Å². The number of esters is 2. The van der Waals surface area contributed by atoms with E-state index >= 15 is 0 Å². The molecule has 0 aliphatic rings. The first-order chi connectivity index (χ1) is 24.6. The zero-order valence-electron chi connectivity index (χ0n) is 33.3. The van der Waals surface area contributed by atoms with Crippen molar-refractivity contribution in [2.45, 2.75) is 167 Å². The van der Waals surface area contributed by atoms with Crippen molar-refractivity contribution in [1.82, 2.24) is 0 Å². The molecule has 2 atom stereocenters. The van der Waals surface area contributed by atoms with Gasteiger partial charge in [-0.1, -0.05) is 114 Å². The number of carboxylic acids is 1. The highest BCUT2D eigenvalue weighted by Gasteiger charge is 2.25. The van der Waals surface area contributed by atoms with Crippen LogP contribution in [-0.2, 0) is 28.6 Å². The summed E-state index contributed by atoms with van der Waals surface area (Å²) in [5, 5.41) is 11.6. The van der Waals surface area contributed by atoms with Crippen LogP contribution in [0.2, 0.25) is 0 Å². The van der Waals surface area contributed by atoms with Gasteiger partial charge >= 0.3 is 11.9 Å². The lowest BCUT2D eigenvalue weighted by molar-refractivity contribution is -0.889. The van der Waals surface area contributed by atoms with Gasteiger partial charge in [-0.05, 0) is 70.6 Å². The third-order valence-electron chi connectivity index (χ3n) is 8.70. The smallest absolute Gasteiger partial charge is 0.306 e. The van der Waals surface area contributed by atoms with Crippen LogP contribution in [0.4, 0.5) is 0 Å². The first kappa shape index (κ1) is 48.3. The highest BCUT2D eigenvalue weighted by molar-refractivity contribution is 5.70. The second kappa shape index (κ2) is 34.4. The number of nitrogens with zero attached hydrogens (tertiary/aromatic N) is 1. The molecule has 8 nitrogen and oxygen atoms in total. The molecule has 0 saturated heterocycles. The summed E-state index contributed by atoms with van der Waals surface area (Å²) in [6.45, 7) is 4.48. The molecule has 0 fully saturated rings. The minimum absolute atomic E-state index is 0.0258. The number of aliphatic carboxylic acids is 1. The molecule has 0 heterocycles. The number of carboxylic acid groups (broad SMARTS) is 1. The third kappa shape index (κ3) is 32.9. The summed E-state index contributed by atoms with van der Waals surface area (Å²) in [6.07, 6.45) is 38.5. The average molecular weight is 718 g/mol. The molecule has 0 aromatic carbocycles. The van der Waals surface area contributed by atoms with E-state index in [1.165, 1.54) is 38.5 Å². The molecular formula is C43H75NO7. The number of hydrogen-bond donors (Lipinski definition) is 0. The highest BCUT2D eigenvalue weighted by atomic mass is 16.6. The van der Waals surface area contributed by atoms with Gasteiger partial charge in [0.15, 0.2) is 6.10 Å². The lowest BCUT2D eigenvalue weighted by Crippen LogP contribution is -2.55. The Morgan fingerprint density at radius 1 is 0.608 bits per heavy atom. The molecule has 0 radical (unpaired) electrons. The maximum atomic E-state index is 12.7. The maximum Gasteiger partial charge on any atom is 0.306 e. The summed E-state index contributed by atoms with van der Waals surface area (Å²) in [7, 11) is 5.38. The minimum Gasteiger partial charge on any atom is -0.544 e. The van der Waals surface area contributed by atoms with Crippen LogP contribution >= 0.6 is 0 Å². The van der Waals surface area contributed by atoms with E-state index in [9.17, 15) is 19.5 Å². The van der Waals surface area contributed by atoms with Crippen LogP contribution in [0.1, 0.15) is 155 Å². The van der Waals surface area contributed by atoms with Crippen molar-refractivity contribution >= 4 is 17.9 Å². The molecule has 0 spiro atoms. The third-order valence-corrected chi connectivity index (χ3v) is 8.70. The van der Waals surface area contributed by atoms with Gasteiger partial charge in [-0.3, -0.25) is 9.59 Å². The molecule has 0 bridgehead atoms. The molecule has 0 saturated carbocycles. The Labute approximate surface area is 312 Å². The molecule has 2 unspecified atom stereocenters. The molecule has 294 valence electrons. The van der Waals surface area contributed by atoms with Crippen LogP contribution in [0.3, 0.4) is 0 Å². The second-order valence-electron chi connectivity index (χ2n) is 14.5. The summed E-state index contributed by atoms with van der Waals surface area (Å²) in [6, 6.07) is -0.732. The molecule has 0 rings (SSSR count). The normalized spacial score (nSPS) is 13.5. The first-order valence-corrected chi connectivity index (χ1v) is 20.2. The van der Waals surface area contributed by atoms with Gasteiger partial charge < -0.3 is 28.6 Å². The van der Waals surface area contributed by atoms with Gasteiger partial charge in [0.25, 0.3) is 0 Å². The number of quaternary nitrogens is 1. The van der Waals surface area contributed by atoms with E-state index in [0.29, 0.717) is 12.8 Å². The van der Waals surface area contributed by atoms with Gasteiger partial charge in [0.1, 0.15) is 12.6 Å². The standard InChI is InChI=1S/C43H75NO7/c1-6-8-10-12-14-16-18-20-22-24-26-28-30-32-34-42(46)51-39(37-49-36-35-40(43(47)48)44(3,4)5)38-50-41(45)33-31-29-27-25-23-21-19-17-15-13-11-9-7-2/h8,10,14,16,20-23,39-40H,6-7,9,11-13,15,17-19,24-38H2,1-5H3/b10-8+,16-14+,22-20+,23-21+. The van der Waals surface area contributed by atoms with Crippen LogP contribution in [0, 0.1) is 0 Å². The number of hydrogen-bond acceptors (Lipinski definition) is 7. The molecule has 8 heteroatoms. The van der Waals surface area contributed by atoms with Crippen molar-refractivity contribution in [3.05, 3.63) is 48.6 Å². The van der Waals surface area contributed by atoms with Crippen molar-refractivity contribution in [2.24, 2.45) is 0 Å². The van der Waals surface area contributed by atoms with Crippen LogP contribution in [-0.4, -0.2) is 75.5 Å². The Balaban J connectivity index is 4.47. The van der Waals surface area contributed by atoms with E-state index < -0.39 is 18.1 Å². The Morgan fingerprint density at radius 2 is 1.10 bits per heavy atom. The summed E-state index contributed by atoms with van der Waals surface area (Å²) < 4.78 is 17.1. The lowest BCUT2D eigenvalue weighted by atomic mass is 10.1. The molecule has 0 N–H and O–H groups in total. The molecule has 0 aliphatic heterocycles. The zero-order valence-corrected chi connectivity index (χ0v) is 33.3. The lowest BCUT2D eigenvalue weighted by Gasteiger charge is -2.34. The Morgan fingerprint density at radius 3 is 1.67 bits per heavy atom. The van der Waals surface area contributed by atoms with Crippen LogP contribution < -0.4 is 5.11 Å². The molecule has 0 amide bonds. The van der Waals surface area contributed by atoms with Crippen LogP contribution in [0.25, 0.3) is 0 Å². The number of unbranched alkanes of at least 4 members (excludes halogenated alkanes) is 13. The van der Waals surface area contributed by atoms with Crippen molar-refractivity contribution in [1.29, 1.82) is 0 Å². The SMILES string of the molecule is CC/C=C/C/C=C/C/C=C/CCCCCCC(=O)OC(COCCC(C(=O)[O-])[N+](C)(C)C)COC(=O)CCCCC/C=C/CCCCCCCC. The van der Waals surface area contributed by atoms with Gasteiger partial charge in [-0.25, -0.2) is 0 Å². The summed E-state index contributed by atoms with van der Waals surface area (Å²) in [4.78, 5) is 36.7.